The number of hydrogen-bond acceptors (Lipinski definition) is 3. The van der Waals surface area contributed by atoms with Crippen molar-refractivity contribution in [2.45, 2.75) is 26.4 Å². The Morgan fingerprint density at radius 1 is 1.30 bits per heavy atom. The molecule has 108 valence electrons. The smallest absolute Gasteiger partial charge is 0.408 e. The van der Waals surface area contributed by atoms with Gasteiger partial charge in [0.05, 0.1) is 12.2 Å². The van der Waals surface area contributed by atoms with E-state index in [-0.39, 0.29) is 6.54 Å². The first kappa shape index (κ1) is 15.9. The molecule has 0 saturated carbocycles. The summed E-state index contributed by atoms with van der Waals surface area (Å²) >= 11 is 0. The molecule has 0 atom stereocenters. The second-order valence-corrected chi connectivity index (χ2v) is 5.57. The van der Waals surface area contributed by atoms with Crippen LogP contribution in [0.2, 0.25) is 0 Å². The van der Waals surface area contributed by atoms with Crippen molar-refractivity contribution >= 4 is 11.8 Å². The average molecular weight is 274 g/mol. The molecule has 0 radical (unpaired) electrons. The van der Waals surface area contributed by atoms with Crippen molar-refractivity contribution < 1.29 is 9.53 Å². The van der Waals surface area contributed by atoms with Crippen molar-refractivity contribution in [1.82, 2.24) is 5.32 Å². The Hall–Kier alpha value is -2.15. The lowest BCUT2D eigenvalue weighted by atomic mass is 10.1. The summed E-state index contributed by atoms with van der Waals surface area (Å²) in [5.74, 6) is 5.98. The Morgan fingerprint density at radius 2 is 1.95 bits per heavy atom. The molecule has 20 heavy (non-hydrogen) atoms. The summed E-state index contributed by atoms with van der Waals surface area (Å²) < 4.78 is 5.13. The van der Waals surface area contributed by atoms with E-state index in [2.05, 4.69) is 17.2 Å². The van der Waals surface area contributed by atoms with Crippen LogP contribution >= 0.6 is 0 Å². The van der Waals surface area contributed by atoms with Crippen LogP contribution < -0.4 is 10.2 Å². The molecule has 0 bridgehead atoms. The molecule has 0 saturated heterocycles. The summed E-state index contributed by atoms with van der Waals surface area (Å²) in [6.45, 7) is 5.74. The van der Waals surface area contributed by atoms with Gasteiger partial charge in [0, 0.05) is 19.7 Å². The third-order valence-corrected chi connectivity index (χ3v) is 2.33. The summed E-state index contributed by atoms with van der Waals surface area (Å²) in [4.78, 5) is 13.4. The van der Waals surface area contributed by atoms with Crippen LogP contribution in [-0.4, -0.2) is 32.3 Å². The van der Waals surface area contributed by atoms with Gasteiger partial charge < -0.3 is 15.0 Å². The van der Waals surface area contributed by atoms with Crippen molar-refractivity contribution in [3.8, 4) is 11.8 Å². The molecule has 0 spiro atoms. The minimum Gasteiger partial charge on any atom is -0.444 e. The maximum absolute atomic E-state index is 11.4. The molecular formula is C16H22N2O2. The molecular weight excluding hydrogens is 252 g/mol. The number of nitrogens with one attached hydrogen (secondary N) is 1. The SMILES string of the molecule is CN(C)c1ccccc1C#CCNC(=O)OC(C)(C)C. The van der Waals surface area contributed by atoms with E-state index in [1.807, 2.05) is 64.0 Å². The predicted octanol–water partition coefficient (Wildman–Crippen LogP) is 2.63. The van der Waals surface area contributed by atoms with E-state index in [9.17, 15) is 4.79 Å². The standard InChI is InChI=1S/C16H22N2O2/c1-16(2,3)20-15(19)17-12-8-10-13-9-6-7-11-14(13)18(4)5/h6-7,9,11H,12H2,1-5H3,(H,17,19). The Morgan fingerprint density at radius 3 is 2.55 bits per heavy atom. The Bertz CT molecular complexity index is 519. The van der Waals surface area contributed by atoms with Gasteiger partial charge >= 0.3 is 6.09 Å². The number of benzene rings is 1. The lowest BCUT2D eigenvalue weighted by molar-refractivity contribution is 0.0535. The molecule has 1 amide bonds. The fraction of sp³-hybridized carbons (Fsp3) is 0.438. The number of rotatable bonds is 2. The van der Waals surface area contributed by atoms with E-state index < -0.39 is 11.7 Å². The zero-order valence-corrected chi connectivity index (χ0v) is 12.8. The first-order valence-electron chi connectivity index (χ1n) is 6.51. The Labute approximate surface area is 121 Å². The fourth-order valence-corrected chi connectivity index (χ4v) is 1.54. The van der Waals surface area contributed by atoms with Gasteiger partial charge in [0.25, 0.3) is 0 Å². The van der Waals surface area contributed by atoms with E-state index in [0.717, 1.165) is 11.3 Å². The predicted molar refractivity (Wildman–Crippen MR) is 81.9 cm³/mol. The zero-order chi connectivity index (χ0) is 15.2. The minimum atomic E-state index is -0.491. The van der Waals surface area contributed by atoms with Crippen LogP contribution in [0.1, 0.15) is 26.3 Å². The van der Waals surface area contributed by atoms with Gasteiger partial charge in [-0.3, -0.25) is 0 Å². The molecule has 1 aromatic carbocycles. The quantitative estimate of drug-likeness (QED) is 0.843. The summed E-state index contributed by atoms with van der Waals surface area (Å²) in [5, 5.41) is 2.61. The third kappa shape index (κ3) is 5.66. The van der Waals surface area contributed by atoms with Crippen molar-refractivity contribution in [1.29, 1.82) is 0 Å². The van der Waals surface area contributed by atoms with Crippen LogP contribution in [0.5, 0.6) is 0 Å². The van der Waals surface area contributed by atoms with E-state index >= 15 is 0 Å². The van der Waals surface area contributed by atoms with Crippen LogP contribution in [-0.2, 0) is 4.74 Å². The van der Waals surface area contributed by atoms with Crippen molar-refractivity contribution in [3.05, 3.63) is 29.8 Å². The number of para-hydroxylation sites is 1. The lowest BCUT2D eigenvalue weighted by Gasteiger charge is -2.19. The average Bonchev–Trinajstić information content (AvgIpc) is 2.33. The van der Waals surface area contributed by atoms with Gasteiger partial charge in [-0.05, 0) is 32.9 Å². The highest BCUT2D eigenvalue weighted by Gasteiger charge is 2.14. The normalized spacial score (nSPS) is 10.2. The van der Waals surface area contributed by atoms with Gasteiger partial charge in [0.1, 0.15) is 5.60 Å². The molecule has 0 aliphatic rings. The zero-order valence-electron chi connectivity index (χ0n) is 12.8. The Balaban J connectivity index is 2.58. The topological polar surface area (TPSA) is 41.6 Å². The minimum absolute atomic E-state index is 0.261. The van der Waals surface area contributed by atoms with Crippen molar-refractivity contribution in [2.24, 2.45) is 0 Å². The third-order valence-electron chi connectivity index (χ3n) is 2.33. The van der Waals surface area contributed by atoms with Gasteiger partial charge in [-0.1, -0.05) is 24.0 Å². The highest BCUT2D eigenvalue weighted by atomic mass is 16.6. The monoisotopic (exact) mass is 274 g/mol. The highest BCUT2D eigenvalue weighted by Crippen LogP contribution is 2.16. The highest BCUT2D eigenvalue weighted by molar-refractivity contribution is 5.68. The van der Waals surface area contributed by atoms with Crippen LogP contribution in [0, 0.1) is 11.8 Å². The number of amides is 1. The summed E-state index contributed by atoms with van der Waals surface area (Å²) in [6.07, 6.45) is -0.451. The molecule has 0 aliphatic carbocycles. The maximum atomic E-state index is 11.4. The summed E-state index contributed by atoms with van der Waals surface area (Å²) in [6, 6.07) is 7.87. The van der Waals surface area contributed by atoms with Crippen molar-refractivity contribution in [3.63, 3.8) is 0 Å². The van der Waals surface area contributed by atoms with Gasteiger partial charge in [0.15, 0.2) is 0 Å². The van der Waals surface area contributed by atoms with Crippen molar-refractivity contribution in [2.75, 3.05) is 25.5 Å². The molecule has 0 aliphatic heterocycles. The Kier molecular flexibility index (Phi) is 5.45. The lowest BCUT2D eigenvalue weighted by Crippen LogP contribution is -2.32. The van der Waals surface area contributed by atoms with Gasteiger partial charge in [0.2, 0.25) is 0 Å². The number of carbonyl (C=O) groups is 1. The van der Waals surface area contributed by atoms with E-state index in [1.54, 1.807) is 0 Å². The molecule has 4 heteroatoms. The van der Waals surface area contributed by atoms with E-state index in [4.69, 9.17) is 4.74 Å². The number of carbonyl (C=O) groups excluding carboxylic acids is 1. The van der Waals surface area contributed by atoms with Crippen LogP contribution in [0.4, 0.5) is 10.5 Å². The summed E-state index contributed by atoms with van der Waals surface area (Å²) in [5.41, 5.74) is 1.50. The number of hydrogen-bond donors (Lipinski definition) is 1. The summed E-state index contributed by atoms with van der Waals surface area (Å²) in [7, 11) is 3.94. The number of ether oxygens (including phenoxy) is 1. The van der Waals surface area contributed by atoms with Gasteiger partial charge in [-0.25, -0.2) is 4.79 Å². The molecule has 0 unspecified atom stereocenters. The molecule has 1 aromatic rings. The van der Waals surface area contributed by atoms with E-state index in [0.29, 0.717) is 0 Å². The number of nitrogens with zero attached hydrogens (tertiary/aromatic N) is 1. The molecule has 0 heterocycles. The van der Waals surface area contributed by atoms with Crippen LogP contribution in [0.15, 0.2) is 24.3 Å². The molecule has 1 rings (SSSR count). The van der Waals surface area contributed by atoms with E-state index in [1.165, 1.54) is 0 Å². The van der Waals surface area contributed by atoms with Crippen LogP contribution in [0.3, 0.4) is 0 Å². The van der Waals surface area contributed by atoms with Gasteiger partial charge in [-0.15, -0.1) is 0 Å². The molecule has 0 aromatic heterocycles. The number of alkyl carbamates (subject to hydrolysis) is 1. The largest absolute Gasteiger partial charge is 0.444 e. The van der Waals surface area contributed by atoms with Gasteiger partial charge in [-0.2, -0.15) is 0 Å². The fourth-order valence-electron chi connectivity index (χ4n) is 1.54. The number of anilines is 1. The first-order chi connectivity index (χ1) is 9.29. The molecule has 0 fully saturated rings. The maximum Gasteiger partial charge on any atom is 0.408 e. The van der Waals surface area contributed by atoms with Crippen LogP contribution in [0.25, 0.3) is 0 Å². The molecule has 4 nitrogen and oxygen atoms in total. The molecule has 1 N–H and O–H groups in total. The second kappa shape index (κ2) is 6.85. The first-order valence-corrected chi connectivity index (χ1v) is 6.51. The second-order valence-electron chi connectivity index (χ2n) is 5.57.